The van der Waals surface area contributed by atoms with Gasteiger partial charge in [-0.3, -0.25) is 19.8 Å². The summed E-state index contributed by atoms with van der Waals surface area (Å²) in [5.41, 5.74) is 1.07. The minimum Gasteiger partial charge on any atom is -0.495 e. The van der Waals surface area contributed by atoms with Gasteiger partial charge in [0.2, 0.25) is 11.0 Å². The van der Waals surface area contributed by atoms with Crippen molar-refractivity contribution in [1.29, 1.82) is 0 Å². The second-order valence-corrected chi connectivity index (χ2v) is 11.9. The molecule has 2 amide bonds. The molecule has 4 aliphatic rings. The van der Waals surface area contributed by atoms with Crippen molar-refractivity contribution in [3.05, 3.63) is 46.4 Å². The number of halogens is 1. The molecule has 2 aromatic heterocycles. The Morgan fingerprint density at radius 1 is 1.34 bits per heavy atom. The molecule has 1 aliphatic carbocycles. The van der Waals surface area contributed by atoms with E-state index in [9.17, 15) is 14.0 Å². The van der Waals surface area contributed by atoms with Gasteiger partial charge < -0.3 is 14.8 Å². The van der Waals surface area contributed by atoms with E-state index >= 15 is 0 Å². The van der Waals surface area contributed by atoms with E-state index in [1.807, 2.05) is 0 Å². The highest BCUT2D eigenvalue weighted by molar-refractivity contribution is 7.15. The van der Waals surface area contributed by atoms with Crippen molar-refractivity contribution in [2.45, 2.75) is 51.2 Å². The molecule has 2 atom stereocenters. The molecule has 1 saturated carbocycles. The number of nitrogens with zero attached hydrogens (tertiary/aromatic N) is 4. The molecule has 0 bridgehead atoms. The summed E-state index contributed by atoms with van der Waals surface area (Å²) in [6.07, 6.45) is 7.77. The Balaban J connectivity index is 1.35. The van der Waals surface area contributed by atoms with E-state index in [2.05, 4.69) is 37.7 Å². The van der Waals surface area contributed by atoms with Gasteiger partial charge in [0, 0.05) is 61.0 Å². The molecule has 0 radical (unpaired) electrons. The Hall–Kier alpha value is -3.82. The van der Waals surface area contributed by atoms with E-state index in [0.29, 0.717) is 65.0 Å². The molecule has 2 N–H and O–H groups in total. The lowest BCUT2D eigenvalue weighted by molar-refractivity contribution is -0.118. The van der Waals surface area contributed by atoms with E-state index in [1.54, 1.807) is 23.2 Å². The highest BCUT2D eigenvalue weighted by atomic mass is 32.1. The summed E-state index contributed by atoms with van der Waals surface area (Å²) in [5, 5.41) is 14.8. The van der Waals surface area contributed by atoms with Crippen LogP contribution < -0.4 is 15.5 Å². The summed E-state index contributed by atoms with van der Waals surface area (Å²) in [6.45, 7) is 3.24. The van der Waals surface area contributed by atoms with Crippen LogP contribution in [-0.2, 0) is 14.3 Å². The van der Waals surface area contributed by atoms with Crippen LogP contribution in [0.1, 0.15) is 60.0 Å². The molecule has 214 valence electrons. The number of amides is 2. The first kappa shape index (κ1) is 27.4. The number of dihydropyridines is 1. The number of anilines is 2. The number of alkyl halides is 1. The fraction of sp³-hybridized carbons (Fsp3) is 0.483. The summed E-state index contributed by atoms with van der Waals surface area (Å²) in [5.74, 6) is 6.94. The number of pyridine rings is 1. The lowest BCUT2D eigenvalue weighted by atomic mass is 9.79. The molecule has 3 aliphatic heterocycles. The van der Waals surface area contributed by atoms with Crippen LogP contribution in [0.5, 0.6) is 0 Å². The van der Waals surface area contributed by atoms with Gasteiger partial charge in [-0.25, -0.2) is 9.37 Å². The van der Waals surface area contributed by atoms with Gasteiger partial charge in [-0.2, -0.15) is 0 Å². The molecule has 3 fully saturated rings. The first-order valence-corrected chi connectivity index (χ1v) is 14.6. The Labute approximate surface area is 241 Å². The number of ether oxygens (including phenoxy) is 2. The van der Waals surface area contributed by atoms with Gasteiger partial charge in [0.15, 0.2) is 5.01 Å². The third kappa shape index (κ3) is 5.83. The van der Waals surface area contributed by atoms with Crippen molar-refractivity contribution >= 4 is 39.7 Å². The minimum atomic E-state index is -1.21. The second-order valence-electron chi connectivity index (χ2n) is 10.9. The lowest BCUT2D eigenvalue weighted by Crippen LogP contribution is -2.34. The fourth-order valence-corrected chi connectivity index (χ4v) is 5.94. The van der Waals surface area contributed by atoms with Crippen molar-refractivity contribution in [2.24, 2.45) is 11.3 Å². The summed E-state index contributed by atoms with van der Waals surface area (Å²) >= 11 is 1.19. The third-order valence-electron chi connectivity index (χ3n) is 7.91. The van der Waals surface area contributed by atoms with Gasteiger partial charge >= 0.3 is 0 Å². The van der Waals surface area contributed by atoms with Gasteiger partial charge in [-0.15, -0.1) is 10.2 Å². The van der Waals surface area contributed by atoms with Crippen LogP contribution >= 0.6 is 11.3 Å². The number of allylic oxidation sites excluding steroid dienone is 1. The van der Waals surface area contributed by atoms with E-state index in [4.69, 9.17) is 9.47 Å². The maximum absolute atomic E-state index is 14.4. The first-order chi connectivity index (χ1) is 19.8. The number of hydrogen-bond acceptors (Lipinski definition) is 9. The Morgan fingerprint density at radius 2 is 2.15 bits per heavy atom. The van der Waals surface area contributed by atoms with Gasteiger partial charge in [-0.1, -0.05) is 17.3 Å². The Kier molecular flexibility index (Phi) is 7.48. The van der Waals surface area contributed by atoms with E-state index < -0.39 is 18.1 Å². The monoisotopic (exact) mass is 578 g/mol. The molecule has 2 aromatic rings. The molecule has 12 heteroatoms. The number of carbonyl (C=O) groups excluding carboxylic acids is 2. The van der Waals surface area contributed by atoms with Crippen LogP contribution in [0.2, 0.25) is 0 Å². The number of rotatable bonds is 6. The molecular weight excluding hydrogens is 547 g/mol. The molecule has 5 heterocycles. The molecule has 6 rings (SSSR count). The topological polar surface area (TPSA) is 119 Å². The lowest BCUT2D eigenvalue weighted by Gasteiger charge is -2.32. The average molecular weight is 579 g/mol. The van der Waals surface area contributed by atoms with Gasteiger partial charge in [0.25, 0.3) is 5.91 Å². The molecule has 2 unspecified atom stereocenters. The zero-order chi connectivity index (χ0) is 28.6. The zero-order valence-electron chi connectivity index (χ0n) is 22.9. The van der Waals surface area contributed by atoms with Gasteiger partial charge in [-0.05, 0) is 50.7 Å². The number of nitrogens with one attached hydrogen (secondary N) is 2. The van der Waals surface area contributed by atoms with Crippen LogP contribution in [0.25, 0.3) is 5.57 Å². The molecule has 1 spiro atoms. The number of hydrogen-bond donors (Lipinski definition) is 2. The van der Waals surface area contributed by atoms with Crippen molar-refractivity contribution < 1.29 is 23.5 Å². The summed E-state index contributed by atoms with van der Waals surface area (Å²) in [4.78, 5) is 33.0. The summed E-state index contributed by atoms with van der Waals surface area (Å²) in [7, 11) is 1.51. The van der Waals surface area contributed by atoms with Gasteiger partial charge in [0.05, 0.1) is 18.7 Å². The van der Waals surface area contributed by atoms with E-state index in [0.717, 1.165) is 25.7 Å². The molecule has 41 heavy (non-hydrogen) atoms. The van der Waals surface area contributed by atoms with Gasteiger partial charge in [0.1, 0.15) is 17.7 Å². The highest BCUT2D eigenvalue weighted by Crippen LogP contribution is 2.42. The van der Waals surface area contributed by atoms with E-state index in [-0.39, 0.29) is 16.9 Å². The maximum Gasteiger partial charge on any atom is 0.259 e. The predicted molar refractivity (Wildman–Crippen MR) is 152 cm³/mol. The smallest absolute Gasteiger partial charge is 0.259 e. The predicted octanol–water partition coefficient (Wildman–Crippen LogP) is 3.68. The van der Waals surface area contributed by atoms with Crippen LogP contribution in [-0.4, -0.2) is 66.1 Å². The standard InChI is InChI=1S/C29H31FN6O4S/c1-17(30)22-11-20(23(39-2)15-31-22)19-12-24(36-16-29(13-26(36)37)7-9-40-10-8-29)32-14-21(19)27(38)33-28-35-34-25(41-28)6-5-18-3-4-18/h11-12,14-15,17-18,22,31H,3-4,7-10,13,16H2,1-2H3,(H,33,35,38). The van der Waals surface area contributed by atoms with E-state index in [1.165, 1.54) is 31.6 Å². The molecule has 0 aromatic carbocycles. The number of aromatic nitrogens is 3. The quantitative estimate of drug-likeness (QED) is 0.499. The van der Waals surface area contributed by atoms with Crippen LogP contribution in [0.15, 0.2) is 30.3 Å². The molecular formula is C29H31FN6O4S. The largest absolute Gasteiger partial charge is 0.495 e. The highest BCUT2D eigenvalue weighted by Gasteiger charge is 2.45. The molecule has 2 saturated heterocycles. The Bertz CT molecular complexity index is 1480. The van der Waals surface area contributed by atoms with Crippen molar-refractivity contribution in [2.75, 3.05) is 37.1 Å². The second kappa shape index (κ2) is 11.2. The fourth-order valence-electron chi connectivity index (χ4n) is 5.34. The average Bonchev–Trinajstić information content (AvgIpc) is 3.62. The Morgan fingerprint density at radius 3 is 2.88 bits per heavy atom. The summed E-state index contributed by atoms with van der Waals surface area (Å²) < 4.78 is 25.5. The van der Waals surface area contributed by atoms with Crippen molar-refractivity contribution in [1.82, 2.24) is 20.5 Å². The normalized spacial score (nSPS) is 22.3. The SMILES string of the molecule is COC1=CNC(C(C)F)C=C1c1cc(N2CC3(CCOCC3)CC2=O)ncc1C(=O)Nc1nnc(C#CC2CC2)s1. The van der Waals surface area contributed by atoms with Crippen LogP contribution in [0.4, 0.5) is 15.3 Å². The number of carbonyl (C=O) groups is 2. The maximum atomic E-state index is 14.4. The van der Waals surface area contributed by atoms with Crippen LogP contribution in [0.3, 0.4) is 0 Å². The number of methoxy groups -OCH3 is 1. The minimum absolute atomic E-state index is 0.0201. The molecule has 10 nitrogen and oxygen atoms in total. The third-order valence-corrected chi connectivity index (χ3v) is 8.67. The summed E-state index contributed by atoms with van der Waals surface area (Å²) in [6, 6.07) is 1.08. The zero-order valence-corrected chi connectivity index (χ0v) is 23.7. The van der Waals surface area contributed by atoms with Crippen LogP contribution in [0, 0.1) is 23.2 Å². The van der Waals surface area contributed by atoms with Crippen molar-refractivity contribution in [3.8, 4) is 11.8 Å². The van der Waals surface area contributed by atoms with Crippen molar-refractivity contribution in [3.63, 3.8) is 0 Å². The first-order valence-electron chi connectivity index (χ1n) is 13.8.